The van der Waals surface area contributed by atoms with Crippen molar-refractivity contribution in [1.82, 2.24) is 5.32 Å². The van der Waals surface area contributed by atoms with Gasteiger partial charge in [0.25, 0.3) is 0 Å². The van der Waals surface area contributed by atoms with E-state index in [4.69, 9.17) is 5.11 Å². The monoisotopic (exact) mass is 157 g/mol. The lowest BCUT2D eigenvalue weighted by Crippen LogP contribution is -2.32. The molecule has 0 aliphatic carbocycles. The van der Waals surface area contributed by atoms with Gasteiger partial charge >= 0.3 is 0 Å². The third-order valence-electron chi connectivity index (χ3n) is 1.17. The van der Waals surface area contributed by atoms with Gasteiger partial charge in [0, 0.05) is 6.54 Å². The number of amides is 1. The van der Waals surface area contributed by atoms with Crippen LogP contribution >= 0.6 is 0 Å². The highest BCUT2D eigenvalue weighted by atomic mass is 16.3. The Balaban J connectivity index is 3.56. The average Bonchev–Trinajstić information content (AvgIpc) is 1.86. The van der Waals surface area contributed by atoms with Crippen LogP contribution in [0.2, 0.25) is 0 Å². The smallest absolute Gasteiger partial charge is 0.248 e. The largest absolute Gasteiger partial charge is 0.384 e. The highest BCUT2D eigenvalue weighted by Gasteiger charge is 2.05. The fourth-order valence-corrected chi connectivity index (χ4v) is 0.503. The number of rotatable bonds is 3. The maximum Gasteiger partial charge on any atom is 0.248 e. The Morgan fingerprint density at radius 3 is 2.55 bits per heavy atom. The summed E-state index contributed by atoms with van der Waals surface area (Å²) in [7, 11) is 0. The van der Waals surface area contributed by atoms with E-state index in [-0.39, 0.29) is 5.91 Å². The molecule has 11 heavy (non-hydrogen) atoms. The van der Waals surface area contributed by atoms with Gasteiger partial charge in [-0.2, -0.15) is 0 Å². The van der Waals surface area contributed by atoms with Crippen LogP contribution in [0.4, 0.5) is 0 Å². The molecule has 1 atom stereocenters. The zero-order valence-corrected chi connectivity index (χ0v) is 7.22. The predicted molar refractivity (Wildman–Crippen MR) is 44.1 cm³/mol. The van der Waals surface area contributed by atoms with Crippen molar-refractivity contribution in [3.8, 4) is 0 Å². The maximum absolute atomic E-state index is 10.7. The number of aliphatic hydroxyl groups is 1. The summed E-state index contributed by atoms with van der Waals surface area (Å²) >= 11 is 0. The van der Waals surface area contributed by atoms with E-state index in [0.29, 0.717) is 6.54 Å². The van der Waals surface area contributed by atoms with Crippen molar-refractivity contribution in [3.05, 3.63) is 11.6 Å². The van der Waals surface area contributed by atoms with Gasteiger partial charge in [0.05, 0.1) is 0 Å². The predicted octanol–water partition coefficient (Wildman–Crippen LogP) is 0.450. The van der Waals surface area contributed by atoms with E-state index in [9.17, 15) is 4.79 Å². The van der Waals surface area contributed by atoms with E-state index in [2.05, 4.69) is 5.32 Å². The third kappa shape index (κ3) is 5.61. The van der Waals surface area contributed by atoms with Gasteiger partial charge in [0.15, 0.2) is 0 Å². The van der Waals surface area contributed by atoms with Crippen LogP contribution in [0, 0.1) is 0 Å². The number of hydrogen-bond donors (Lipinski definition) is 2. The molecule has 0 rings (SSSR count). The second kappa shape index (κ2) is 4.91. The van der Waals surface area contributed by atoms with Crippen LogP contribution in [0.1, 0.15) is 20.8 Å². The van der Waals surface area contributed by atoms with E-state index >= 15 is 0 Å². The van der Waals surface area contributed by atoms with Crippen LogP contribution in [-0.2, 0) is 4.79 Å². The molecular formula is C8H15NO2. The number of nitrogens with one attached hydrogen (secondary N) is 1. The normalized spacial score (nSPS) is 12.0. The van der Waals surface area contributed by atoms with Gasteiger partial charge in [-0.05, 0) is 20.8 Å². The fraction of sp³-hybridized carbons (Fsp3) is 0.625. The Morgan fingerprint density at radius 1 is 1.64 bits per heavy atom. The minimum atomic E-state index is -0.916. The summed E-state index contributed by atoms with van der Waals surface area (Å²) in [6, 6.07) is 0. The summed E-state index contributed by atoms with van der Waals surface area (Å²) in [5.74, 6) is -0.331. The summed E-state index contributed by atoms with van der Waals surface area (Å²) in [6.07, 6.45) is 0.973. The average molecular weight is 157 g/mol. The van der Waals surface area contributed by atoms with Crippen LogP contribution in [0.3, 0.4) is 0 Å². The Labute approximate surface area is 67.1 Å². The van der Waals surface area contributed by atoms with Crippen LogP contribution in [0.25, 0.3) is 0 Å². The van der Waals surface area contributed by atoms with E-state index in [1.165, 1.54) is 6.92 Å². The molecule has 0 spiro atoms. The lowest BCUT2D eigenvalue weighted by Gasteiger charge is -2.03. The van der Waals surface area contributed by atoms with Gasteiger partial charge in [0.2, 0.25) is 5.91 Å². The van der Waals surface area contributed by atoms with Crippen molar-refractivity contribution < 1.29 is 9.90 Å². The molecule has 3 nitrogen and oxygen atoms in total. The van der Waals surface area contributed by atoms with E-state index in [0.717, 1.165) is 5.57 Å². The van der Waals surface area contributed by atoms with Crippen molar-refractivity contribution in [2.75, 3.05) is 6.54 Å². The molecule has 1 amide bonds. The minimum Gasteiger partial charge on any atom is -0.384 e. The third-order valence-corrected chi connectivity index (χ3v) is 1.17. The first-order chi connectivity index (χ1) is 5.04. The van der Waals surface area contributed by atoms with Crippen molar-refractivity contribution >= 4 is 5.91 Å². The number of hydrogen-bond acceptors (Lipinski definition) is 2. The molecule has 0 saturated carbocycles. The fourth-order valence-electron chi connectivity index (χ4n) is 0.503. The number of carbonyl (C=O) groups excluding carboxylic acids is 1. The van der Waals surface area contributed by atoms with Gasteiger partial charge in [-0.1, -0.05) is 11.6 Å². The molecule has 0 aliphatic rings. The van der Waals surface area contributed by atoms with Crippen LogP contribution in [0.15, 0.2) is 11.6 Å². The number of carbonyl (C=O) groups is 1. The SMILES string of the molecule is CC(C)=CCNC(=O)C(C)O. The molecule has 0 aromatic carbocycles. The molecule has 2 N–H and O–H groups in total. The van der Waals surface area contributed by atoms with Gasteiger partial charge in [0.1, 0.15) is 6.10 Å². The van der Waals surface area contributed by atoms with Gasteiger partial charge < -0.3 is 10.4 Å². The first kappa shape index (κ1) is 10.2. The molecular weight excluding hydrogens is 142 g/mol. The highest BCUT2D eigenvalue weighted by molar-refractivity contribution is 5.80. The summed E-state index contributed by atoms with van der Waals surface area (Å²) < 4.78 is 0. The quantitative estimate of drug-likeness (QED) is 0.584. The second-order valence-corrected chi connectivity index (χ2v) is 2.70. The summed E-state index contributed by atoms with van der Waals surface area (Å²) in [4.78, 5) is 10.7. The van der Waals surface area contributed by atoms with E-state index in [1.54, 1.807) is 0 Å². The molecule has 0 bridgehead atoms. The molecule has 3 heteroatoms. The number of aliphatic hydroxyl groups excluding tert-OH is 1. The van der Waals surface area contributed by atoms with Crippen LogP contribution in [0.5, 0.6) is 0 Å². The lowest BCUT2D eigenvalue weighted by molar-refractivity contribution is -0.128. The van der Waals surface area contributed by atoms with Crippen molar-refractivity contribution in [3.63, 3.8) is 0 Å². The topological polar surface area (TPSA) is 49.3 Å². The van der Waals surface area contributed by atoms with Gasteiger partial charge in [-0.15, -0.1) is 0 Å². The molecule has 0 aromatic rings. The zero-order valence-electron chi connectivity index (χ0n) is 7.22. The van der Waals surface area contributed by atoms with Crippen LogP contribution < -0.4 is 5.32 Å². The Kier molecular flexibility index (Phi) is 4.54. The molecule has 0 radical (unpaired) electrons. The van der Waals surface area contributed by atoms with Gasteiger partial charge in [-0.3, -0.25) is 4.79 Å². The molecule has 0 heterocycles. The minimum absolute atomic E-state index is 0.331. The van der Waals surface area contributed by atoms with E-state index < -0.39 is 6.10 Å². The van der Waals surface area contributed by atoms with Gasteiger partial charge in [-0.25, -0.2) is 0 Å². The van der Waals surface area contributed by atoms with Crippen molar-refractivity contribution in [1.29, 1.82) is 0 Å². The Hall–Kier alpha value is -0.830. The molecule has 0 fully saturated rings. The number of allylic oxidation sites excluding steroid dienone is 1. The Morgan fingerprint density at radius 2 is 2.18 bits per heavy atom. The maximum atomic E-state index is 10.7. The molecule has 64 valence electrons. The lowest BCUT2D eigenvalue weighted by atomic mass is 10.3. The zero-order chi connectivity index (χ0) is 8.85. The standard InChI is InChI=1S/C8H15NO2/c1-6(2)4-5-9-8(11)7(3)10/h4,7,10H,5H2,1-3H3,(H,9,11). The molecule has 0 aromatic heterocycles. The summed E-state index contributed by atoms with van der Waals surface area (Å²) in [5.41, 5.74) is 1.15. The van der Waals surface area contributed by atoms with Crippen molar-refractivity contribution in [2.45, 2.75) is 26.9 Å². The molecule has 0 aliphatic heterocycles. The Bertz CT molecular complexity index is 157. The highest BCUT2D eigenvalue weighted by Crippen LogP contribution is 1.86. The van der Waals surface area contributed by atoms with Crippen molar-refractivity contribution in [2.24, 2.45) is 0 Å². The first-order valence-electron chi connectivity index (χ1n) is 3.63. The van der Waals surface area contributed by atoms with Crippen LogP contribution in [-0.4, -0.2) is 23.7 Å². The second-order valence-electron chi connectivity index (χ2n) is 2.70. The molecule has 0 saturated heterocycles. The first-order valence-corrected chi connectivity index (χ1v) is 3.63. The summed E-state index contributed by atoms with van der Waals surface area (Å²) in [6.45, 7) is 5.84. The van der Waals surface area contributed by atoms with E-state index in [1.807, 2.05) is 19.9 Å². The molecule has 1 unspecified atom stereocenters. The summed E-state index contributed by atoms with van der Waals surface area (Å²) in [5, 5.41) is 11.3.